The first-order valence-electron chi connectivity index (χ1n) is 3.64. The monoisotopic (exact) mass is 173 g/mol. The third kappa shape index (κ3) is 7.39. The molecule has 0 aliphatic rings. The second-order valence-corrected chi connectivity index (χ2v) is 3.45. The highest BCUT2D eigenvalue weighted by molar-refractivity contribution is 8.13. The summed E-state index contributed by atoms with van der Waals surface area (Å²) in [5, 5.41) is 8.19. The fourth-order valence-corrected chi connectivity index (χ4v) is 0.897. The van der Waals surface area contributed by atoms with Crippen LogP contribution in [-0.4, -0.2) is 16.6 Å². The van der Waals surface area contributed by atoms with Crippen LogP contribution in [0.1, 0.15) is 27.2 Å². The minimum absolute atomic E-state index is 0.549. The van der Waals surface area contributed by atoms with E-state index in [1.807, 2.05) is 13.8 Å². The van der Waals surface area contributed by atoms with E-state index in [9.17, 15) is 0 Å². The normalized spacial score (nSPS) is 11.4. The minimum Gasteiger partial charge on any atom is -0.377 e. The standard InChI is InChI=1S/C7H15N3S/c1-4-5-11-7(8)10-9-6(2)3/h4-5H2,1-3H3,(H2,8,10). The van der Waals surface area contributed by atoms with E-state index in [0.29, 0.717) is 5.17 Å². The molecule has 0 radical (unpaired) electrons. The maximum Gasteiger partial charge on any atom is 0.180 e. The van der Waals surface area contributed by atoms with Crippen molar-refractivity contribution in [3.8, 4) is 0 Å². The van der Waals surface area contributed by atoms with Gasteiger partial charge in [0.1, 0.15) is 0 Å². The Balaban J connectivity index is 3.72. The highest BCUT2D eigenvalue weighted by Gasteiger charge is 1.89. The van der Waals surface area contributed by atoms with Gasteiger partial charge in [-0.2, -0.15) is 5.10 Å². The summed E-state index contributed by atoms with van der Waals surface area (Å²) in [6.45, 7) is 5.89. The van der Waals surface area contributed by atoms with Crippen molar-refractivity contribution in [2.24, 2.45) is 15.9 Å². The zero-order chi connectivity index (χ0) is 8.69. The van der Waals surface area contributed by atoms with E-state index < -0.39 is 0 Å². The average molecular weight is 173 g/mol. The molecule has 4 heteroatoms. The van der Waals surface area contributed by atoms with Crippen LogP contribution in [0.15, 0.2) is 10.2 Å². The Labute approximate surface area is 72.2 Å². The molecule has 0 aliphatic carbocycles. The Morgan fingerprint density at radius 1 is 1.36 bits per heavy atom. The molecule has 2 N–H and O–H groups in total. The average Bonchev–Trinajstić information content (AvgIpc) is 1.97. The number of thioether (sulfide) groups is 1. The predicted octanol–water partition coefficient (Wildman–Crippen LogP) is 1.84. The molecule has 0 aromatic carbocycles. The first-order chi connectivity index (χ1) is 5.16. The third-order valence-corrected chi connectivity index (χ3v) is 1.79. The van der Waals surface area contributed by atoms with Crippen LogP contribution < -0.4 is 5.73 Å². The molecule has 0 fully saturated rings. The van der Waals surface area contributed by atoms with Crippen molar-refractivity contribution in [1.82, 2.24) is 0 Å². The molecule has 0 aliphatic heterocycles. The first kappa shape index (κ1) is 10.5. The molecular weight excluding hydrogens is 158 g/mol. The van der Waals surface area contributed by atoms with Crippen LogP contribution in [0.2, 0.25) is 0 Å². The fraction of sp³-hybridized carbons (Fsp3) is 0.714. The van der Waals surface area contributed by atoms with Crippen LogP contribution in [0.25, 0.3) is 0 Å². The van der Waals surface area contributed by atoms with Crippen LogP contribution >= 0.6 is 11.8 Å². The Kier molecular flexibility index (Phi) is 5.93. The van der Waals surface area contributed by atoms with Crippen molar-refractivity contribution in [2.75, 3.05) is 5.75 Å². The Morgan fingerprint density at radius 3 is 2.45 bits per heavy atom. The molecule has 0 saturated carbocycles. The van der Waals surface area contributed by atoms with Crippen LogP contribution in [0.5, 0.6) is 0 Å². The van der Waals surface area contributed by atoms with Gasteiger partial charge in [0.05, 0.1) is 0 Å². The Bertz CT molecular complexity index is 159. The molecule has 0 bridgehead atoms. The van der Waals surface area contributed by atoms with Gasteiger partial charge in [0, 0.05) is 11.5 Å². The predicted molar refractivity (Wildman–Crippen MR) is 53.2 cm³/mol. The van der Waals surface area contributed by atoms with Crippen molar-refractivity contribution in [1.29, 1.82) is 0 Å². The fourth-order valence-electron chi connectivity index (χ4n) is 0.385. The second-order valence-electron chi connectivity index (χ2n) is 2.33. The summed E-state index contributed by atoms with van der Waals surface area (Å²) in [5.74, 6) is 1.01. The van der Waals surface area contributed by atoms with Gasteiger partial charge in [-0.1, -0.05) is 18.7 Å². The summed E-state index contributed by atoms with van der Waals surface area (Å²) in [6, 6.07) is 0. The molecule has 0 heterocycles. The van der Waals surface area contributed by atoms with Gasteiger partial charge in [0.2, 0.25) is 0 Å². The zero-order valence-corrected chi connectivity index (χ0v) is 8.11. The lowest BCUT2D eigenvalue weighted by Gasteiger charge is -1.94. The lowest BCUT2D eigenvalue weighted by molar-refractivity contribution is 1.11. The minimum atomic E-state index is 0.549. The lowest BCUT2D eigenvalue weighted by atomic mass is 10.5. The van der Waals surface area contributed by atoms with Crippen molar-refractivity contribution in [3.63, 3.8) is 0 Å². The second kappa shape index (κ2) is 6.22. The van der Waals surface area contributed by atoms with Gasteiger partial charge >= 0.3 is 0 Å². The smallest absolute Gasteiger partial charge is 0.180 e. The van der Waals surface area contributed by atoms with Gasteiger partial charge in [-0.15, -0.1) is 5.10 Å². The summed E-state index contributed by atoms with van der Waals surface area (Å²) in [4.78, 5) is 0. The van der Waals surface area contributed by atoms with Crippen LogP contribution in [0.3, 0.4) is 0 Å². The highest BCUT2D eigenvalue weighted by Crippen LogP contribution is 2.01. The molecule has 0 saturated heterocycles. The van der Waals surface area contributed by atoms with Gasteiger partial charge in [0.15, 0.2) is 5.17 Å². The molecule has 0 atom stereocenters. The number of hydrogen-bond acceptors (Lipinski definition) is 3. The maximum atomic E-state index is 5.51. The topological polar surface area (TPSA) is 50.7 Å². The van der Waals surface area contributed by atoms with Crippen LogP contribution in [-0.2, 0) is 0 Å². The van der Waals surface area contributed by atoms with E-state index in [1.165, 1.54) is 11.8 Å². The molecule has 0 spiro atoms. The molecule has 0 aromatic heterocycles. The number of nitrogens with zero attached hydrogens (tertiary/aromatic N) is 2. The Hall–Kier alpha value is -0.510. The van der Waals surface area contributed by atoms with Gasteiger partial charge < -0.3 is 5.73 Å². The van der Waals surface area contributed by atoms with E-state index >= 15 is 0 Å². The summed E-state index contributed by atoms with van der Waals surface area (Å²) < 4.78 is 0. The van der Waals surface area contributed by atoms with Crippen LogP contribution in [0, 0.1) is 0 Å². The first-order valence-corrected chi connectivity index (χ1v) is 4.62. The lowest BCUT2D eigenvalue weighted by Crippen LogP contribution is -2.06. The summed E-state index contributed by atoms with van der Waals surface area (Å²) >= 11 is 1.54. The van der Waals surface area contributed by atoms with Gasteiger partial charge in [-0.25, -0.2) is 0 Å². The van der Waals surface area contributed by atoms with Crippen molar-refractivity contribution in [2.45, 2.75) is 27.2 Å². The van der Waals surface area contributed by atoms with Crippen LogP contribution in [0.4, 0.5) is 0 Å². The molecule has 3 nitrogen and oxygen atoms in total. The third-order valence-electron chi connectivity index (χ3n) is 0.803. The SMILES string of the molecule is CCCS/C(N)=N/N=C(C)C. The van der Waals surface area contributed by atoms with Gasteiger partial charge in [0.25, 0.3) is 0 Å². The van der Waals surface area contributed by atoms with Crippen molar-refractivity contribution < 1.29 is 0 Å². The molecule has 0 unspecified atom stereocenters. The molecule has 64 valence electrons. The maximum absolute atomic E-state index is 5.51. The Morgan fingerprint density at radius 2 is 2.00 bits per heavy atom. The number of rotatable bonds is 3. The number of nitrogens with two attached hydrogens (primary N) is 1. The van der Waals surface area contributed by atoms with E-state index in [4.69, 9.17) is 5.73 Å². The molecule has 0 rings (SSSR count). The molecular formula is C7H15N3S. The van der Waals surface area contributed by atoms with E-state index in [-0.39, 0.29) is 0 Å². The van der Waals surface area contributed by atoms with Gasteiger partial charge in [-0.3, -0.25) is 0 Å². The largest absolute Gasteiger partial charge is 0.377 e. The quantitative estimate of drug-likeness (QED) is 0.402. The molecule has 0 amide bonds. The van der Waals surface area contributed by atoms with Crippen molar-refractivity contribution >= 4 is 22.6 Å². The number of amidine groups is 1. The van der Waals surface area contributed by atoms with Crippen molar-refractivity contribution in [3.05, 3.63) is 0 Å². The van der Waals surface area contributed by atoms with E-state index in [2.05, 4.69) is 17.1 Å². The molecule has 0 aromatic rings. The molecule has 11 heavy (non-hydrogen) atoms. The van der Waals surface area contributed by atoms with E-state index in [0.717, 1.165) is 17.9 Å². The summed E-state index contributed by atoms with van der Waals surface area (Å²) in [6.07, 6.45) is 1.11. The number of hydrogen-bond donors (Lipinski definition) is 1. The van der Waals surface area contributed by atoms with Gasteiger partial charge in [-0.05, 0) is 20.3 Å². The highest BCUT2D eigenvalue weighted by atomic mass is 32.2. The zero-order valence-electron chi connectivity index (χ0n) is 7.29. The van der Waals surface area contributed by atoms with E-state index in [1.54, 1.807) is 0 Å². The summed E-state index contributed by atoms with van der Waals surface area (Å²) in [5.41, 5.74) is 6.44. The summed E-state index contributed by atoms with van der Waals surface area (Å²) in [7, 11) is 0.